The van der Waals surface area contributed by atoms with Crippen LogP contribution in [0.3, 0.4) is 0 Å². The lowest BCUT2D eigenvalue weighted by molar-refractivity contribution is 0.282. The molecule has 3 aromatic rings. The Kier molecular flexibility index (Phi) is 5.84. The molecule has 4 heterocycles. The number of hydrogen-bond donors (Lipinski definition) is 0. The van der Waals surface area contributed by atoms with Gasteiger partial charge in [-0.2, -0.15) is 0 Å². The molecule has 2 aromatic heterocycles. The minimum absolute atomic E-state index is 0.0277. The van der Waals surface area contributed by atoms with E-state index < -0.39 is 0 Å². The highest BCUT2D eigenvalue weighted by atomic mass is 16.5. The topological polar surface area (TPSA) is 55.6 Å². The average molecular weight is 439 g/mol. The molecular weight excluding hydrogens is 410 g/mol. The van der Waals surface area contributed by atoms with Gasteiger partial charge < -0.3 is 20.1 Å². The summed E-state index contributed by atoms with van der Waals surface area (Å²) in [7, 11) is 4.15. The summed E-state index contributed by atoms with van der Waals surface area (Å²) in [6, 6.07) is 14.4. The SMILES string of the molecule is Cc1cccc(C2=C(c3ccnc4cc(OCCCN(C)C)ccc34)C3C=CC=CN3[N-]2)n1. The summed E-state index contributed by atoms with van der Waals surface area (Å²) in [5.74, 6) is 0.846. The van der Waals surface area contributed by atoms with Crippen LogP contribution >= 0.6 is 0 Å². The molecule has 0 amide bonds. The molecule has 1 aromatic carbocycles. The van der Waals surface area contributed by atoms with Gasteiger partial charge in [-0.05, 0) is 81.2 Å². The fourth-order valence-electron chi connectivity index (χ4n) is 4.30. The van der Waals surface area contributed by atoms with E-state index in [1.165, 1.54) is 0 Å². The Labute approximate surface area is 194 Å². The average Bonchev–Trinajstić information content (AvgIpc) is 3.21. The molecule has 0 N–H and O–H groups in total. The first-order chi connectivity index (χ1) is 16.1. The van der Waals surface area contributed by atoms with Gasteiger partial charge in [-0.1, -0.05) is 23.9 Å². The molecule has 6 heteroatoms. The number of aryl methyl sites for hydroxylation is 1. The Morgan fingerprint density at radius 2 is 2.03 bits per heavy atom. The van der Waals surface area contributed by atoms with Gasteiger partial charge in [0.1, 0.15) is 5.75 Å². The van der Waals surface area contributed by atoms with Crippen molar-refractivity contribution in [3.63, 3.8) is 0 Å². The third-order valence-corrected chi connectivity index (χ3v) is 5.85. The Bertz CT molecular complexity index is 1260. The summed E-state index contributed by atoms with van der Waals surface area (Å²) < 4.78 is 5.98. The van der Waals surface area contributed by atoms with Gasteiger partial charge in [0, 0.05) is 35.6 Å². The van der Waals surface area contributed by atoms with Crippen LogP contribution in [0, 0.1) is 6.92 Å². The van der Waals surface area contributed by atoms with Crippen molar-refractivity contribution >= 4 is 22.2 Å². The molecule has 1 unspecified atom stereocenters. The summed E-state index contributed by atoms with van der Waals surface area (Å²) in [4.78, 5) is 11.6. The highest BCUT2D eigenvalue weighted by molar-refractivity contribution is 6.06. The zero-order valence-electron chi connectivity index (χ0n) is 19.3. The largest absolute Gasteiger partial charge is 0.592 e. The number of aromatic nitrogens is 2. The van der Waals surface area contributed by atoms with Gasteiger partial charge in [0.05, 0.1) is 18.2 Å². The maximum absolute atomic E-state index is 5.98. The fourth-order valence-corrected chi connectivity index (χ4v) is 4.30. The lowest BCUT2D eigenvalue weighted by atomic mass is 9.92. The Hall–Kier alpha value is -3.64. The molecule has 0 fully saturated rings. The van der Waals surface area contributed by atoms with E-state index in [-0.39, 0.29) is 6.04 Å². The zero-order chi connectivity index (χ0) is 22.8. The van der Waals surface area contributed by atoms with Crippen molar-refractivity contribution in [3.05, 3.63) is 95.5 Å². The highest BCUT2D eigenvalue weighted by Gasteiger charge is 2.26. The maximum atomic E-state index is 5.98. The minimum Gasteiger partial charge on any atom is -0.592 e. The van der Waals surface area contributed by atoms with Crippen LogP contribution in [0.5, 0.6) is 5.75 Å². The lowest BCUT2D eigenvalue weighted by Gasteiger charge is -2.36. The van der Waals surface area contributed by atoms with Crippen molar-refractivity contribution < 1.29 is 4.74 Å². The number of nitrogens with zero attached hydrogens (tertiary/aromatic N) is 5. The van der Waals surface area contributed by atoms with Crippen molar-refractivity contribution in [2.75, 3.05) is 27.2 Å². The van der Waals surface area contributed by atoms with Gasteiger partial charge in [0.2, 0.25) is 0 Å². The summed E-state index contributed by atoms with van der Waals surface area (Å²) in [5, 5.41) is 3.08. The highest BCUT2D eigenvalue weighted by Crippen LogP contribution is 2.45. The molecule has 1 atom stereocenters. The van der Waals surface area contributed by atoms with Crippen LogP contribution in [0.1, 0.15) is 23.4 Å². The first-order valence-electron chi connectivity index (χ1n) is 11.3. The molecule has 2 aliphatic heterocycles. The molecule has 0 radical (unpaired) electrons. The number of ether oxygens (including phenoxy) is 1. The van der Waals surface area contributed by atoms with Gasteiger partial charge in [-0.3, -0.25) is 9.97 Å². The van der Waals surface area contributed by atoms with Crippen molar-refractivity contribution in [2.45, 2.75) is 19.4 Å². The molecule has 0 bridgehead atoms. The molecular formula is C27H28N5O-. The zero-order valence-corrected chi connectivity index (χ0v) is 19.3. The summed E-state index contributed by atoms with van der Waals surface area (Å²) in [5.41, 5.74) is 10.9. The Morgan fingerprint density at radius 3 is 2.88 bits per heavy atom. The third kappa shape index (κ3) is 4.34. The molecule has 6 nitrogen and oxygen atoms in total. The second-order valence-electron chi connectivity index (χ2n) is 8.62. The summed E-state index contributed by atoms with van der Waals surface area (Å²) in [6.45, 7) is 3.70. The van der Waals surface area contributed by atoms with E-state index >= 15 is 0 Å². The van der Waals surface area contributed by atoms with E-state index in [2.05, 4.69) is 48.3 Å². The van der Waals surface area contributed by atoms with E-state index in [1.54, 1.807) is 0 Å². The molecule has 0 spiro atoms. The van der Waals surface area contributed by atoms with Gasteiger partial charge in [-0.15, -0.1) is 0 Å². The quantitative estimate of drug-likeness (QED) is 0.475. The molecule has 2 aliphatic rings. The fraction of sp³-hybridized carbons (Fsp3) is 0.259. The first-order valence-corrected chi connectivity index (χ1v) is 11.3. The standard InChI is InChI=1S/C27H28N5O/c1-19-8-6-9-23(29-19)27-26(25-10-4-5-16-32(25)30-27)22-13-14-28-24-18-20(11-12-21(22)24)33-17-7-15-31(2)3/h4-6,8-14,16,18,25H,7,15,17H2,1-3H3/q-1. The van der Waals surface area contributed by atoms with E-state index in [0.29, 0.717) is 6.61 Å². The van der Waals surface area contributed by atoms with Crippen molar-refractivity contribution in [1.29, 1.82) is 0 Å². The van der Waals surface area contributed by atoms with Crippen molar-refractivity contribution in [3.8, 4) is 5.75 Å². The van der Waals surface area contributed by atoms with E-state index in [9.17, 15) is 0 Å². The minimum atomic E-state index is 0.0277. The van der Waals surface area contributed by atoms with Gasteiger partial charge >= 0.3 is 0 Å². The predicted molar refractivity (Wildman–Crippen MR) is 133 cm³/mol. The predicted octanol–water partition coefficient (Wildman–Crippen LogP) is 5.19. The number of pyridine rings is 2. The van der Waals surface area contributed by atoms with Crippen LogP contribution in [0.4, 0.5) is 0 Å². The smallest absolute Gasteiger partial charge is 0.121 e. The second-order valence-corrected chi connectivity index (χ2v) is 8.62. The Morgan fingerprint density at radius 1 is 1.12 bits per heavy atom. The summed E-state index contributed by atoms with van der Waals surface area (Å²) >= 11 is 0. The third-order valence-electron chi connectivity index (χ3n) is 5.85. The molecule has 0 saturated heterocycles. The van der Waals surface area contributed by atoms with Crippen LogP contribution in [-0.2, 0) is 0 Å². The Balaban J connectivity index is 1.55. The van der Waals surface area contributed by atoms with Crippen LogP contribution in [0.2, 0.25) is 0 Å². The molecule has 5 rings (SSSR count). The van der Waals surface area contributed by atoms with Crippen LogP contribution in [-0.4, -0.2) is 53.2 Å². The van der Waals surface area contributed by atoms with Crippen LogP contribution in [0.25, 0.3) is 27.6 Å². The van der Waals surface area contributed by atoms with Crippen LogP contribution in [0.15, 0.2) is 73.1 Å². The number of allylic oxidation sites excluding steroid dienone is 2. The van der Waals surface area contributed by atoms with E-state index in [1.807, 2.05) is 60.7 Å². The summed E-state index contributed by atoms with van der Waals surface area (Å²) in [6.07, 6.45) is 11.1. The number of fused-ring (bicyclic) bond motifs is 2. The second kappa shape index (κ2) is 9.08. The molecule has 0 saturated carbocycles. The van der Waals surface area contributed by atoms with Crippen LogP contribution < -0.4 is 4.74 Å². The van der Waals surface area contributed by atoms with Gasteiger partial charge in [0.15, 0.2) is 0 Å². The van der Waals surface area contributed by atoms with E-state index in [0.717, 1.165) is 57.8 Å². The molecule has 33 heavy (non-hydrogen) atoms. The maximum Gasteiger partial charge on any atom is 0.121 e. The first kappa shape index (κ1) is 21.2. The van der Waals surface area contributed by atoms with Crippen molar-refractivity contribution in [1.82, 2.24) is 19.9 Å². The van der Waals surface area contributed by atoms with Gasteiger partial charge in [0.25, 0.3) is 0 Å². The van der Waals surface area contributed by atoms with E-state index in [4.69, 9.17) is 15.1 Å². The van der Waals surface area contributed by atoms with Crippen molar-refractivity contribution in [2.24, 2.45) is 0 Å². The normalized spacial score (nSPS) is 17.1. The number of benzene rings is 1. The number of hydrogen-bond acceptors (Lipinski definition) is 5. The molecule has 0 aliphatic carbocycles. The molecule has 168 valence electrons. The van der Waals surface area contributed by atoms with Gasteiger partial charge in [-0.25, -0.2) is 0 Å². The monoisotopic (exact) mass is 438 g/mol. The lowest BCUT2D eigenvalue weighted by Crippen LogP contribution is -2.22. The number of rotatable bonds is 7.